The van der Waals surface area contributed by atoms with Crippen LogP contribution in [0.25, 0.3) is 0 Å². The van der Waals surface area contributed by atoms with E-state index in [-0.39, 0.29) is 30.0 Å². The highest BCUT2D eigenvalue weighted by atomic mass is 79.9. The molecule has 1 amide bonds. The lowest BCUT2D eigenvalue weighted by atomic mass is 10.2. The number of nitrogens with one attached hydrogen (secondary N) is 1. The van der Waals surface area contributed by atoms with Gasteiger partial charge in [0.1, 0.15) is 0 Å². The van der Waals surface area contributed by atoms with E-state index in [9.17, 15) is 14.9 Å². The Morgan fingerprint density at radius 3 is 2.68 bits per heavy atom. The summed E-state index contributed by atoms with van der Waals surface area (Å²) < 4.78 is 0.398. The third kappa shape index (κ3) is 5.54. The Morgan fingerprint density at radius 1 is 1.58 bits per heavy atom. The van der Waals surface area contributed by atoms with E-state index in [0.29, 0.717) is 23.0 Å². The zero-order valence-corrected chi connectivity index (χ0v) is 12.7. The van der Waals surface area contributed by atoms with Crippen LogP contribution in [0.3, 0.4) is 0 Å². The van der Waals surface area contributed by atoms with Gasteiger partial charge < -0.3 is 11.1 Å². The molecule has 0 aliphatic heterocycles. The fourth-order valence-electron chi connectivity index (χ4n) is 1.31. The molecule has 0 bridgehead atoms. The third-order valence-electron chi connectivity index (χ3n) is 2.29. The molecule has 0 aliphatic rings. The molecule has 1 unspecified atom stereocenters. The second-order valence-corrected chi connectivity index (χ2v) is 4.80. The molecular weight excluding hydrogens is 337 g/mol. The number of nitrogens with two attached hydrogens (primary N) is 1. The maximum Gasteiger partial charge on any atom is 0.270 e. The smallest absolute Gasteiger partial charge is 0.270 e. The number of non-ortho nitro benzene ring substituents is 1. The van der Waals surface area contributed by atoms with Crippen molar-refractivity contribution in [3.05, 3.63) is 38.3 Å². The minimum Gasteiger partial charge on any atom is -0.352 e. The Kier molecular flexibility index (Phi) is 7.58. The summed E-state index contributed by atoms with van der Waals surface area (Å²) in [6.45, 7) is 2.33. The third-order valence-corrected chi connectivity index (χ3v) is 2.95. The van der Waals surface area contributed by atoms with E-state index >= 15 is 0 Å². The second-order valence-electron chi connectivity index (χ2n) is 3.94. The largest absolute Gasteiger partial charge is 0.352 e. The van der Waals surface area contributed by atoms with Crippen molar-refractivity contribution in [1.29, 1.82) is 0 Å². The monoisotopic (exact) mass is 351 g/mol. The van der Waals surface area contributed by atoms with Gasteiger partial charge in [0, 0.05) is 29.2 Å². The molecule has 6 nitrogen and oxygen atoms in total. The molecule has 0 saturated carbocycles. The van der Waals surface area contributed by atoms with Crippen LogP contribution in [-0.2, 0) is 0 Å². The number of nitrogens with zero attached hydrogens (tertiary/aromatic N) is 1. The summed E-state index contributed by atoms with van der Waals surface area (Å²) in [4.78, 5) is 21.8. The maximum absolute atomic E-state index is 11.8. The lowest BCUT2D eigenvalue weighted by Gasteiger charge is -2.08. The fraction of sp³-hybridized carbons (Fsp3) is 0.364. The van der Waals surface area contributed by atoms with Crippen molar-refractivity contribution in [2.75, 3.05) is 6.54 Å². The highest BCUT2D eigenvalue weighted by Gasteiger charge is 2.14. The summed E-state index contributed by atoms with van der Waals surface area (Å²) in [7, 11) is 0. The van der Waals surface area contributed by atoms with Crippen molar-refractivity contribution in [3.8, 4) is 0 Å². The van der Waals surface area contributed by atoms with Crippen LogP contribution in [0.1, 0.15) is 23.7 Å². The Bertz CT molecular complexity index is 468. The molecule has 1 atom stereocenters. The normalized spacial score (nSPS) is 11.3. The summed E-state index contributed by atoms with van der Waals surface area (Å²) in [5, 5.41) is 13.3. The van der Waals surface area contributed by atoms with Crippen molar-refractivity contribution in [1.82, 2.24) is 5.32 Å². The number of amides is 1. The van der Waals surface area contributed by atoms with Gasteiger partial charge in [-0.15, -0.1) is 12.4 Å². The zero-order valence-electron chi connectivity index (χ0n) is 10.3. The first-order valence-electron chi connectivity index (χ1n) is 5.39. The second kappa shape index (κ2) is 8.08. The van der Waals surface area contributed by atoms with Gasteiger partial charge in [-0.3, -0.25) is 14.9 Å². The summed E-state index contributed by atoms with van der Waals surface area (Å²) in [6, 6.07) is 4.04. The van der Waals surface area contributed by atoms with Gasteiger partial charge in [-0.1, -0.05) is 0 Å². The van der Waals surface area contributed by atoms with Gasteiger partial charge in [0.2, 0.25) is 0 Å². The van der Waals surface area contributed by atoms with Crippen LogP contribution in [0.15, 0.2) is 22.7 Å². The molecule has 0 aliphatic carbocycles. The summed E-state index contributed by atoms with van der Waals surface area (Å²) in [5.41, 5.74) is 5.87. The molecule has 19 heavy (non-hydrogen) atoms. The van der Waals surface area contributed by atoms with Gasteiger partial charge in [0.15, 0.2) is 0 Å². The Hall–Kier alpha value is -1.18. The fourth-order valence-corrected chi connectivity index (χ4v) is 1.86. The SMILES string of the molecule is CC(N)CCNC(=O)c1ccc([N+](=O)[O-])cc1Br.Cl. The van der Waals surface area contributed by atoms with E-state index in [1.165, 1.54) is 18.2 Å². The summed E-state index contributed by atoms with van der Waals surface area (Å²) in [5.74, 6) is -0.280. The van der Waals surface area contributed by atoms with Gasteiger partial charge in [-0.05, 0) is 35.3 Å². The van der Waals surface area contributed by atoms with E-state index in [0.717, 1.165) is 0 Å². The molecular formula is C11H15BrClN3O3. The molecule has 0 aromatic heterocycles. The average molecular weight is 353 g/mol. The lowest BCUT2D eigenvalue weighted by Crippen LogP contribution is -2.29. The van der Waals surface area contributed by atoms with E-state index in [2.05, 4.69) is 21.2 Å². The predicted molar refractivity (Wildman–Crippen MR) is 78.6 cm³/mol. The molecule has 3 N–H and O–H groups in total. The topological polar surface area (TPSA) is 98.3 Å². The standard InChI is InChI=1S/C11H14BrN3O3.ClH/c1-7(13)4-5-14-11(16)9-3-2-8(15(17)18)6-10(9)12;/h2-3,6-7H,4-5,13H2,1H3,(H,14,16);1H. The van der Waals surface area contributed by atoms with Crippen molar-refractivity contribution < 1.29 is 9.72 Å². The van der Waals surface area contributed by atoms with Gasteiger partial charge in [0.05, 0.1) is 10.5 Å². The number of halogens is 2. The minimum absolute atomic E-state index is 0. The first kappa shape index (κ1) is 17.8. The number of rotatable bonds is 5. The summed E-state index contributed by atoms with van der Waals surface area (Å²) in [6.07, 6.45) is 0.677. The van der Waals surface area contributed by atoms with Crippen molar-refractivity contribution >= 4 is 39.9 Å². The highest BCUT2D eigenvalue weighted by Crippen LogP contribution is 2.22. The van der Waals surface area contributed by atoms with Crippen molar-refractivity contribution in [3.63, 3.8) is 0 Å². The van der Waals surface area contributed by atoms with E-state index in [4.69, 9.17) is 5.73 Å². The predicted octanol–water partition coefficient (Wildman–Crippen LogP) is 2.25. The first-order chi connectivity index (χ1) is 8.41. The van der Waals surface area contributed by atoms with E-state index < -0.39 is 4.92 Å². The number of carbonyl (C=O) groups is 1. The molecule has 1 aromatic rings. The van der Waals surface area contributed by atoms with Crippen LogP contribution >= 0.6 is 28.3 Å². The molecule has 0 saturated heterocycles. The van der Waals surface area contributed by atoms with Crippen LogP contribution in [0.5, 0.6) is 0 Å². The zero-order chi connectivity index (χ0) is 13.7. The Morgan fingerprint density at radius 2 is 2.21 bits per heavy atom. The summed E-state index contributed by atoms with van der Waals surface area (Å²) >= 11 is 3.15. The first-order valence-corrected chi connectivity index (χ1v) is 6.19. The molecule has 0 heterocycles. The van der Waals surface area contributed by atoms with Crippen LogP contribution < -0.4 is 11.1 Å². The number of hydrogen-bond donors (Lipinski definition) is 2. The average Bonchev–Trinajstić information content (AvgIpc) is 2.27. The molecule has 1 aromatic carbocycles. The van der Waals surface area contributed by atoms with E-state index in [1.54, 1.807) is 0 Å². The molecule has 106 valence electrons. The molecule has 0 spiro atoms. The van der Waals surface area contributed by atoms with Crippen molar-refractivity contribution in [2.24, 2.45) is 5.73 Å². The Labute approximate surface area is 125 Å². The van der Waals surface area contributed by atoms with Gasteiger partial charge in [0.25, 0.3) is 11.6 Å². The van der Waals surface area contributed by atoms with Crippen LogP contribution in [0.4, 0.5) is 5.69 Å². The van der Waals surface area contributed by atoms with Gasteiger partial charge in [-0.2, -0.15) is 0 Å². The highest BCUT2D eigenvalue weighted by molar-refractivity contribution is 9.10. The van der Waals surface area contributed by atoms with Gasteiger partial charge >= 0.3 is 0 Å². The number of hydrogen-bond acceptors (Lipinski definition) is 4. The van der Waals surface area contributed by atoms with Crippen LogP contribution in [0.2, 0.25) is 0 Å². The van der Waals surface area contributed by atoms with Crippen LogP contribution in [-0.4, -0.2) is 23.4 Å². The number of nitro benzene ring substituents is 1. The number of benzene rings is 1. The van der Waals surface area contributed by atoms with Crippen molar-refractivity contribution in [2.45, 2.75) is 19.4 Å². The minimum atomic E-state index is -0.511. The number of carbonyl (C=O) groups excluding carboxylic acids is 1. The molecule has 0 radical (unpaired) electrons. The van der Waals surface area contributed by atoms with Gasteiger partial charge in [-0.25, -0.2) is 0 Å². The Balaban J connectivity index is 0.00000324. The number of nitro groups is 1. The quantitative estimate of drug-likeness (QED) is 0.627. The molecule has 1 rings (SSSR count). The lowest BCUT2D eigenvalue weighted by molar-refractivity contribution is -0.384. The van der Waals surface area contributed by atoms with E-state index in [1.807, 2.05) is 6.92 Å². The maximum atomic E-state index is 11.8. The molecule has 0 fully saturated rings. The molecule has 8 heteroatoms. The van der Waals surface area contributed by atoms with Crippen LogP contribution in [0, 0.1) is 10.1 Å².